The van der Waals surface area contributed by atoms with Crippen molar-refractivity contribution in [1.82, 2.24) is 19.4 Å². The molecule has 2 amide bonds. The Hall–Kier alpha value is -2.28. The van der Waals surface area contributed by atoms with E-state index in [1.165, 1.54) is 22.9 Å². The molecular weight excluding hydrogens is 360 g/mol. The van der Waals surface area contributed by atoms with E-state index in [1.54, 1.807) is 13.1 Å². The lowest BCUT2D eigenvalue weighted by atomic mass is 10.1. The molecule has 1 fully saturated rings. The summed E-state index contributed by atoms with van der Waals surface area (Å²) in [6.07, 6.45) is 4.53. The zero-order chi connectivity index (χ0) is 19.4. The van der Waals surface area contributed by atoms with Crippen molar-refractivity contribution in [3.05, 3.63) is 41.7 Å². The standard InChI is InChI=1S/C20H26N4O2S/c1-15-5-6-16(2)18(13-15)24-10-7-21-20(24)27-14-19(26)23-9-4-8-22(11-12-23)17(3)25/h5-7,10,13H,4,8-9,11-12,14H2,1-3H3. The van der Waals surface area contributed by atoms with E-state index in [2.05, 4.69) is 37.0 Å². The minimum atomic E-state index is 0.0780. The minimum absolute atomic E-state index is 0.0780. The molecule has 1 aliphatic heterocycles. The molecule has 2 aromatic rings. The van der Waals surface area contributed by atoms with Crippen LogP contribution in [0.4, 0.5) is 0 Å². The molecule has 144 valence electrons. The Balaban J connectivity index is 1.64. The summed E-state index contributed by atoms with van der Waals surface area (Å²) in [7, 11) is 0. The highest BCUT2D eigenvalue weighted by Gasteiger charge is 2.21. The van der Waals surface area contributed by atoms with Gasteiger partial charge in [-0.05, 0) is 37.5 Å². The number of benzene rings is 1. The average Bonchev–Trinajstić information content (AvgIpc) is 2.95. The van der Waals surface area contributed by atoms with Gasteiger partial charge in [0.1, 0.15) is 0 Å². The number of imidazole rings is 1. The second-order valence-corrected chi connectivity index (χ2v) is 7.84. The summed E-state index contributed by atoms with van der Waals surface area (Å²) in [5, 5.41) is 0.817. The molecule has 2 heterocycles. The van der Waals surface area contributed by atoms with Crippen molar-refractivity contribution in [3.8, 4) is 5.69 Å². The highest BCUT2D eigenvalue weighted by Crippen LogP contribution is 2.24. The molecule has 0 N–H and O–H groups in total. The Morgan fingerprint density at radius 3 is 2.63 bits per heavy atom. The summed E-state index contributed by atoms with van der Waals surface area (Å²) in [6.45, 7) is 8.37. The number of aromatic nitrogens is 2. The van der Waals surface area contributed by atoms with E-state index in [0.717, 1.165) is 23.8 Å². The Morgan fingerprint density at radius 2 is 1.85 bits per heavy atom. The fraction of sp³-hybridized carbons (Fsp3) is 0.450. The SMILES string of the molecule is CC(=O)N1CCCN(C(=O)CSc2nccn2-c2cc(C)ccc2C)CC1. The first-order valence-electron chi connectivity index (χ1n) is 9.23. The van der Waals surface area contributed by atoms with Crippen LogP contribution in [-0.4, -0.2) is 63.1 Å². The van der Waals surface area contributed by atoms with Crippen LogP contribution in [0.1, 0.15) is 24.5 Å². The maximum atomic E-state index is 12.7. The summed E-state index contributed by atoms with van der Waals surface area (Å²) < 4.78 is 2.04. The van der Waals surface area contributed by atoms with E-state index in [4.69, 9.17) is 0 Å². The molecule has 0 atom stereocenters. The van der Waals surface area contributed by atoms with Crippen molar-refractivity contribution in [2.24, 2.45) is 0 Å². The molecule has 27 heavy (non-hydrogen) atoms. The smallest absolute Gasteiger partial charge is 0.233 e. The van der Waals surface area contributed by atoms with Gasteiger partial charge in [-0.3, -0.25) is 14.2 Å². The van der Waals surface area contributed by atoms with Crippen molar-refractivity contribution < 1.29 is 9.59 Å². The van der Waals surface area contributed by atoms with Gasteiger partial charge in [-0.25, -0.2) is 4.98 Å². The van der Waals surface area contributed by atoms with E-state index < -0.39 is 0 Å². The van der Waals surface area contributed by atoms with Gasteiger partial charge in [-0.15, -0.1) is 0 Å². The van der Waals surface area contributed by atoms with Crippen LogP contribution in [0.3, 0.4) is 0 Å². The summed E-state index contributed by atoms with van der Waals surface area (Å²) in [6, 6.07) is 6.33. The number of hydrogen-bond acceptors (Lipinski definition) is 4. The number of aryl methyl sites for hydroxylation is 2. The average molecular weight is 387 g/mol. The molecule has 0 spiro atoms. The van der Waals surface area contributed by atoms with E-state index in [1.807, 2.05) is 20.6 Å². The van der Waals surface area contributed by atoms with E-state index in [0.29, 0.717) is 25.4 Å². The molecule has 1 saturated heterocycles. The maximum Gasteiger partial charge on any atom is 0.233 e. The van der Waals surface area contributed by atoms with Gasteiger partial charge in [0.15, 0.2) is 5.16 Å². The molecule has 0 unspecified atom stereocenters. The normalized spacial score (nSPS) is 14.9. The van der Waals surface area contributed by atoms with Crippen molar-refractivity contribution in [2.75, 3.05) is 31.9 Å². The van der Waals surface area contributed by atoms with E-state index >= 15 is 0 Å². The largest absolute Gasteiger partial charge is 0.341 e. The Labute approximate surface area is 164 Å². The first-order valence-corrected chi connectivity index (χ1v) is 10.2. The van der Waals surface area contributed by atoms with E-state index in [9.17, 15) is 9.59 Å². The summed E-state index contributed by atoms with van der Waals surface area (Å²) in [5.41, 5.74) is 3.45. The molecule has 6 nitrogen and oxygen atoms in total. The number of amides is 2. The first kappa shape index (κ1) is 19.5. The van der Waals surface area contributed by atoms with Crippen LogP contribution < -0.4 is 0 Å². The lowest BCUT2D eigenvalue weighted by Crippen LogP contribution is -2.37. The lowest BCUT2D eigenvalue weighted by Gasteiger charge is -2.21. The molecular formula is C20H26N4O2S. The van der Waals surface area contributed by atoms with Gasteiger partial charge in [0.05, 0.1) is 11.4 Å². The number of thioether (sulfide) groups is 1. The molecule has 1 aromatic heterocycles. The van der Waals surface area contributed by atoms with E-state index in [-0.39, 0.29) is 11.8 Å². The number of nitrogens with zero attached hydrogens (tertiary/aromatic N) is 4. The number of carbonyl (C=O) groups excluding carboxylic acids is 2. The van der Waals surface area contributed by atoms with Crippen LogP contribution in [0.15, 0.2) is 35.7 Å². The summed E-state index contributed by atoms with van der Waals surface area (Å²) in [4.78, 5) is 32.3. The van der Waals surface area contributed by atoms with Gasteiger partial charge in [0, 0.05) is 45.5 Å². The zero-order valence-corrected chi connectivity index (χ0v) is 17.0. The summed E-state index contributed by atoms with van der Waals surface area (Å²) in [5.74, 6) is 0.525. The third-order valence-electron chi connectivity index (χ3n) is 4.85. The molecule has 7 heteroatoms. The van der Waals surface area contributed by atoms with Crippen LogP contribution in [0, 0.1) is 13.8 Å². The van der Waals surface area contributed by atoms with Gasteiger partial charge < -0.3 is 9.80 Å². The predicted octanol–water partition coefficient (Wildman–Crippen LogP) is 2.66. The lowest BCUT2D eigenvalue weighted by molar-refractivity contribution is -0.130. The molecule has 0 radical (unpaired) electrons. The highest BCUT2D eigenvalue weighted by molar-refractivity contribution is 7.99. The fourth-order valence-corrected chi connectivity index (χ4v) is 4.13. The van der Waals surface area contributed by atoms with Crippen molar-refractivity contribution >= 4 is 23.6 Å². The second-order valence-electron chi connectivity index (χ2n) is 6.90. The topological polar surface area (TPSA) is 58.4 Å². The Morgan fingerprint density at radius 1 is 1.11 bits per heavy atom. The molecule has 1 aliphatic rings. The fourth-order valence-electron chi connectivity index (χ4n) is 3.26. The quantitative estimate of drug-likeness (QED) is 0.758. The van der Waals surface area contributed by atoms with Crippen LogP contribution in [0.2, 0.25) is 0 Å². The first-order chi connectivity index (χ1) is 13.0. The molecule has 0 bridgehead atoms. The van der Waals surface area contributed by atoms with Crippen molar-refractivity contribution in [1.29, 1.82) is 0 Å². The molecule has 1 aromatic carbocycles. The third kappa shape index (κ3) is 4.71. The van der Waals surface area contributed by atoms with Gasteiger partial charge in [0.2, 0.25) is 11.8 Å². The monoisotopic (exact) mass is 386 g/mol. The van der Waals surface area contributed by atoms with Gasteiger partial charge in [-0.1, -0.05) is 23.9 Å². The van der Waals surface area contributed by atoms with Crippen LogP contribution in [0.5, 0.6) is 0 Å². The van der Waals surface area contributed by atoms with Crippen molar-refractivity contribution in [2.45, 2.75) is 32.3 Å². The minimum Gasteiger partial charge on any atom is -0.341 e. The van der Waals surface area contributed by atoms with Gasteiger partial charge >= 0.3 is 0 Å². The molecule has 0 aliphatic carbocycles. The second kappa shape index (κ2) is 8.61. The Kier molecular flexibility index (Phi) is 6.21. The number of hydrogen-bond donors (Lipinski definition) is 0. The van der Waals surface area contributed by atoms with Crippen LogP contribution in [-0.2, 0) is 9.59 Å². The van der Waals surface area contributed by atoms with Gasteiger partial charge in [0.25, 0.3) is 0 Å². The third-order valence-corrected chi connectivity index (χ3v) is 5.80. The van der Waals surface area contributed by atoms with Crippen LogP contribution >= 0.6 is 11.8 Å². The molecule has 3 rings (SSSR count). The van der Waals surface area contributed by atoms with Crippen LogP contribution in [0.25, 0.3) is 5.69 Å². The predicted molar refractivity (Wildman–Crippen MR) is 107 cm³/mol. The number of carbonyl (C=O) groups is 2. The maximum absolute atomic E-state index is 12.7. The van der Waals surface area contributed by atoms with Crippen molar-refractivity contribution in [3.63, 3.8) is 0 Å². The molecule has 0 saturated carbocycles. The Bertz CT molecular complexity index is 833. The summed E-state index contributed by atoms with van der Waals surface area (Å²) >= 11 is 1.46. The number of rotatable bonds is 4. The highest BCUT2D eigenvalue weighted by atomic mass is 32.2. The zero-order valence-electron chi connectivity index (χ0n) is 16.1. The van der Waals surface area contributed by atoms with Gasteiger partial charge in [-0.2, -0.15) is 0 Å².